The van der Waals surface area contributed by atoms with Crippen LogP contribution in [0.5, 0.6) is 0 Å². The van der Waals surface area contributed by atoms with Crippen molar-refractivity contribution < 1.29 is 0 Å². The lowest BCUT2D eigenvalue weighted by atomic mass is 10.1. The maximum Gasteiger partial charge on any atom is 0.113 e. The Morgan fingerprint density at radius 3 is 1.68 bits per heavy atom. The van der Waals surface area contributed by atoms with E-state index in [-0.39, 0.29) is 0 Å². The van der Waals surface area contributed by atoms with E-state index in [1.807, 2.05) is 20.0 Å². The van der Waals surface area contributed by atoms with Crippen molar-refractivity contribution in [3.05, 3.63) is 71.4 Å². The highest BCUT2D eigenvalue weighted by molar-refractivity contribution is 6.04. The van der Waals surface area contributed by atoms with Gasteiger partial charge in [-0.3, -0.25) is 4.90 Å². The quantitative estimate of drug-likeness (QED) is 0.580. The fraction of sp³-hybridized carbons (Fsp3) is 0.348. The molecule has 0 saturated heterocycles. The molecule has 1 aliphatic rings. The minimum atomic E-state index is 0.996. The molecule has 0 aliphatic carbocycles. The van der Waals surface area contributed by atoms with E-state index in [1.54, 1.807) is 0 Å². The van der Waals surface area contributed by atoms with Gasteiger partial charge in [0.2, 0.25) is 0 Å². The van der Waals surface area contributed by atoms with Crippen molar-refractivity contribution in [3.8, 4) is 0 Å². The summed E-state index contributed by atoms with van der Waals surface area (Å²) >= 11 is 0. The predicted molar refractivity (Wildman–Crippen MR) is 111 cm³/mol. The third-order valence-electron chi connectivity index (χ3n) is 4.25. The van der Waals surface area contributed by atoms with Crippen molar-refractivity contribution in [3.63, 3.8) is 0 Å². The van der Waals surface area contributed by atoms with E-state index < -0.39 is 0 Å². The van der Waals surface area contributed by atoms with Gasteiger partial charge in [-0.05, 0) is 57.9 Å². The molecule has 2 aromatic carbocycles. The highest BCUT2D eigenvalue weighted by Crippen LogP contribution is 2.29. The summed E-state index contributed by atoms with van der Waals surface area (Å²) in [5.41, 5.74) is 6.25. The van der Waals surface area contributed by atoms with Crippen molar-refractivity contribution in [2.24, 2.45) is 4.99 Å². The second-order valence-corrected chi connectivity index (χ2v) is 6.38. The van der Waals surface area contributed by atoms with Crippen LogP contribution in [0.1, 0.15) is 51.2 Å². The molecular weight excluding hydrogens is 304 g/mol. The van der Waals surface area contributed by atoms with Crippen LogP contribution < -0.4 is 4.90 Å². The van der Waals surface area contributed by atoms with Gasteiger partial charge in [-0.25, -0.2) is 4.99 Å². The van der Waals surface area contributed by atoms with E-state index in [0.717, 1.165) is 25.1 Å². The normalized spacial score (nSPS) is 13.8. The van der Waals surface area contributed by atoms with Gasteiger partial charge in [-0.1, -0.05) is 54.8 Å². The topological polar surface area (TPSA) is 15.6 Å². The van der Waals surface area contributed by atoms with Crippen LogP contribution in [0.2, 0.25) is 0 Å². The summed E-state index contributed by atoms with van der Waals surface area (Å²) in [5, 5.41) is 0. The van der Waals surface area contributed by atoms with E-state index in [1.165, 1.54) is 28.1 Å². The highest BCUT2D eigenvalue weighted by atomic mass is 15.2. The first-order valence-electron chi connectivity index (χ1n) is 9.29. The van der Waals surface area contributed by atoms with Gasteiger partial charge in [0.05, 0.1) is 0 Å². The maximum atomic E-state index is 4.78. The molecule has 2 heteroatoms. The summed E-state index contributed by atoms with van der Waals surface area (Å²) in [6.07, 6.45) is 5.30. The molecule has 0 atom stereocenters. The first kappa shape index (κ1) is 19.0. The van der Waals surface area contributed by atoms with E-state index in [4.69, 9.17) is 4.99 Å². The maximum absolute atomic E-state index is 4.78. The summed E-state index contributed by atoms with van der Waals surface area (Å²) in [4.78, 5) is 7.07. The fourth-order valence-corrected chi connectivity index (χ4v) is 2.84. The van der Waals surface area contributed by atoms with E-state index in [2.05, 4.69) is 74.2 Å². The Labute approximate surface area is 152 Å². The summed E-state index contributed by atoms with van der Waals surface area (Å²) < 4.78 is 0. The molecule has 0 saturated carbocycles. The molecule has 25 heavy (non-hydrogen) atoms. The molecule has 0 fully saturated rings. The SMILES string of the molecule is CC.CC1=CN=C(N(c2ccc(C)cc2)c2ccc(C)cc2)CCC1. The number of rotatable bonds is 2. The number of anilines is 2. The molecule has 0 unspecified atom stereocenters. The summed E-state index contributed by atoms with van der Waals surface area (Å²) in [6.45, 7) is 10.4. The van der Waals surface area contributed by atoms with Gasteiger partial charge < -0.3 is 0 Å². The largest absolute Gasteiger partial charge is 0.299 e. The lowest BCUT2D eigenvalue weighted by molar-refractivity contribution is 0.857. The smallest absolute Gasteiger partial charge is 0.113 e. The fourth-order valence-electron chi connectivity index (χ4n) is 2.84. The van der Waals surface area contributed by atoms with Gasteiger partial charge >= 0.3 is 0 Å². The van der Waals surface area contributed by atoms with Gasteiger partial charge in [0, 0.05) is 24.0 Å². The van der Waals surface area contributed by atoms with Crippen LogP contribution in [0.15, 0.2) is 65.3 Å². The molecule has 0 aromatic heterocycles. The molecule has 0 spiro atoms. The number of aryl methyl sites for hydroxylation is 2. The molecule has 1 heterocycles. The lowest BCUT2D eigenvalue weighted by Crippen LogP contribution is -2.25. The Balaban J connectivity index is 0.00000109. The van der Waals surface area contributed by atoms with Gasteiger partial charge in [-0.15, -0.1) is 0 Å². The number of benzene rings is 2. The van der Waals surface area contributed by atoms with Crippen LogP contribution in [-0.2, 0) is 0 Å². The first-order valence-corrected chi connectivity index (χ1v) is 9.29. The van der Waals surface area contributed by atoms with Crippen LogP contribution in [0, 0.1) is 13.8 Å². The third-order valence-corrected chi connectivity index (χ3v) is 4.25. The second kappa shape index (κ2) is 9.22. The lowest BCUT2D eigenvalue weighted by Gasteiger charge is -2.26. The standard InChI is InChI=1S/C21H24N2.C2H6/c1-16-7-11-19(12-8-16)23(20-13-9-17(2)10-14-20)21-6-4-5-18(3)15-22-21;1-2/h7-15H,4-6H2,1-3H3;1-2H3. The zero-order valence-electron chi connectivity index (χ0n) is 16.2. The van der Waals surface area contributed by atoms with Crippen LogP contribution in [0.3, 0.4) is 0 Å². The zero-order chi connectivity index (χ0) is 18.2. The van der Waals surface area contributed by atoms with Crippen molar-refractivity contribution in [2.75, 3.05) is 4.90 Å². The monoisotopic (exact) mass is 334 g/mol. The van der Waals surface area contributed by atoms with Crippen molar-refractivity contribution in [1.29, 1.82) is 0 Å². The van der Waals surface area contributed by atoms with Gasteiger partial charge in [0.15, 0.2) is 0 Å². The van der Waals surface area contributed by atoms with Crippen molar-refractivity contribution >= 4 is 17.2 Å². The average molecular weight is 335 g/mol. The number of aliphatic imine (C=N–C) groups is 1. The molecule has 0 amide bonds. The minimum Gasteiger partial charge on any atom is -0.299 e. The van der Waals surface area contributed by atoms with Crippen LogP contribution >= 0.6 is 0 Å². The van der Waals surface area contributed by atoms with Gasteiger partial charge in [0.1, 0.15) is 5.84 Å². The molecule has 3 rings (SSSR count). The molecule has 132 valence electrons. The Bertz CT molecular complexity index is 676. The molecule has 0 radical (unpaired) electrons. The summed E-state index contributed by atoms with van der Waals surface area (Å²) in [5.74, 6) is 1.12. The van der Waals surface area contributed by atoms with E-state index >= 15 is 0 Å². The van der Waals surface area contributed by atoms with Gasteiger partial charge in [0.25, 0.3) is 0 Å². The average Bonchev–Trinajstić information content (AvgIpc) is 2.85. The van der Waals surface area contributed by atoms with Crippen molar-refractivity contribution in [2.45, 2.75) is 53.9 Å². The molecule has 0 bridgehead atoms. The Morgan fingerprint density at radius 2 is 1.20 bits per heavy atom. The number of nitrogens with zero attached hydrogens (tertiary/aromatic N) is 2. The number of hydrogen-bond acceptors (Lipinski definition) is 2. The minimum absolute atomic E-state index is 0.996. The number of allylic oxidation sites excluding steroid dienone is 1. The highest BCUT2D eigenvalue weighted by Gasteiger charge is 2.17. The Morgan fingerprint density at radius 1 is 0.720 bits per heavy atom. The second-order valence-electron chi connectivity index (χ2n) is 6.38. The summed E-state index contributed by atoms with van der Waals surface area (Å²) in [6, 6.07) is 17.4. The molecule has 2 aromatic rings. The van der Waals surface area contributed by atoms with Crippen LogP contribution in [-0.4, -0.2) is 5.84 Å². The van der Waals surface area contributed by atoms with E-state index in [0.29, 0.717) is 0 Å². The summed E-state index contributed by atoms with van der Waals surface area (Å²) in [7, 11) is 0. The first-order chi connectivity index (χ1) is 12.1. The Hall–Kier alpha value is -2.35. The number of amidine groups is 1. The van der Waals surface area contributed by atoms with Crippen molar-refractivity contribution in [1.82, 2.24) is 0 Å². The third kappa shape index (κ3) is 5.06. The molecule has 1 aliphatic heterocycles. The Kier molecular flexibility index (Phi) is 7.00. The molecular formula is C23H30N2. The number of hydrogen-bond donors (Lipinski definition) is 0. The molecule has 2 nitrogen and oxygen atoms in total. The predicted octanol–water partition coefficient (Wildman–Crippen LogP) is 6.95. The zero-order valence-corrected chi connectivity index (χ0v) is 16.2. The van der Waals surface area contributed by atoms with Crippen LogP contribution in [0.4, 0.5) is 11.4 Å². The molecule has 0 N–H and O–H groups in total. The van der Waals surface area contributed by atoms with E-state index in [9.17, 15) is 0 Å². The van der Waals surface area contributed by atoms with Gasteiger partial charge in [-0.2, -0.15) is 0 Å². The van der Waals surface area contributed by atoms with Crippen LogP contribution in [0.25, 0.3) is 0 Å².